The number of nitrogens with zero attached hydrogens (tertiary/aromatic N) is 2. The molecule has 0 fully saturated rings. The zero-order chi connectivity index (χ0) is 17.5. The van der Waals surface area contributed by atoms with Crippen molar-refractivity contribution in [3.8, 4) is 0 Å². The predicted octanol–water partition coefficient (Wildman–Crippen LogP) is 3.31. The second-order valence-electron chi connectivity index (χ2n) is 6.24. The minimum Gasteiger partial charge on any atom is -0.384 e. The van der Waals surface area contributed by atoms with Gasteiger partial charge in [-0.15, -0.1) is 0 Å². The van der Waals surface area contributed by atoms with Crippen LogP contribution in [0.25, 0.3) is 0 Å². The van der Waals surface area contributed by atoms with Crippen molar-refractivity contribution in [2.24, 2.45) is 0 Å². The van der Waals surface area contributed by atoms with Crippen LogP contribution in [0.4, 0.5) is 11.4 Å². The monoisotopic (exact) mass is 326 g/mol. The number of benzene rings is 1. The molecule has 0 atom stereocenters. The predicted molar refractivity (Wildman–Crippen MR) is 99.8 cm³/mol. The lowest BCUT2D eigenvalue weighted by Crippen LogP contribution is -2.17. The summed E-state index contributed by atoms with van der Waals surface area (Å²) < 4.78 is 0. The largest absolute Gasteiger partial charge is 0.384 e. The minimum atomic E-state index is -0.188. The van der Waals surface area contributed by atoms with Gasteiger partial charge in [-0.1, -0.05) is 18.2 Å². The first-order valence-electron chi connectivity index (χ1n) is 8.19. The molecule has 0 aliphatic heterocycles. The molecule has 2 N–H and O–H groups in total. The summed E-state index contributed by atoms with van der Waals surface area (Å²) in [6, 6.07) is 9.59. The number of hydrogen-bond acceptors (Lipinski definition) is 4. The first-order valence-corrected chi connectivity index (χ1v) is 8.19. The van der Waals surface area contributed by atoms with Crippen molar-refractivity contribution in [2.75, 3.05) is 37.8 Å². The van der Waals surface area contributed by atoms with Crippen LogP contribution in [0.1, 0.15) is 28.0 Å². The number of para-hydroxylation sites is 1. The fourth-order valence-electron chi connectivity index (χ4n) is 2.45. The lowest BCUT2D eigenvalue weighted by molar-refractivity contribution is 0.102. The second kappa shape index (κ2) is 8.45. The van der Waals surface area contributed by atoms with Crippen LogP contribution in [0.15, 0.2) is 36.5 Å². The molecule has 0 saturated heterocycles. The van der Waals surface area contributed by atoms with E-state index in [-0.39, 0.29) is 5.91 Å². The van der Waals surface area contributed by atoms with Gasteiger partial charge >= 0.3 is 0 Å². The van der Waals surface area contributed by atoms with Gasteiger partial charge < -0.3 is 15.5 Å². The Bertz CT molecular complexity index is 660. The van der Waals surface area contributed by atoms with Gasteiger partial charge in [-0.05, 0) is 64.2 Å². The molecular formula is C19H26N4O. The van der Waals surface area contributed by atoms with Gasteiger partial charge in [-0.25, -0.2) is 4.98 Å². The van der Waals surface area contributed by atoms with E-state index < -0.39 is 0 Å². The number of carbonyl (C=O) groups is 1. The normalized spacial score (nSPS) is 10.7. The molecule has 0 unspecified atom stereocenters. The van der Waals surface area contributed by atoms with E-state index in [9.17, 15) is 4.79 Å². The van der Waals surface area contributed by atoms with Gasteiger partial charge in [0.2, 0.25) is 0 Å². The minimum absolute atomic E-state index is 0.188. The summed E-state index contributed by atoms with van der Waals surface area (Å²) in [5.41, 5.74) is 4.29. The fraction of sp³-hybridized carbons (Fsp3) is 0.368. The zero-order valence-electron chi connectivity index (χ0n) is 14.9. The maximum atomic E-state index is 12.4. The van der Waals surface area contributed by atoms with Gasteiger partial charge in [-0.2, -0.15) is 0 Å². The van der Waals surface area contributed by atoms with Gasteiger partial charge in [0.25, 0.3) is 5.91 Å². The van der Waals surface area contributed by atoms with E-state index >= 15 is 0 Å². The summed E-state index contributed by atoms with van der Waals surface area (Å²) in [5, 5.41) is 6.26. The molecule has 0 saturated carbocycles. The number of anilines is 2. The molecule has 0 spiro atoms. The van der Waals surface area contributed by atoms with Crippen LogP contribution in [-0.2, 0) is 0 Å². The summed E-state index contributed by atoms with van der Waals surface area (Å²) in [5.74, 6) is -0.188. The second-order valence-corrected chi connectivity index (χ2v) is 6.24. The average Bonchev–Trinajstić information content (AvgIpc) is 2.55. The molecule has 0 aliphatic rings. The Morgan fingerprint density at radius 1 is 1.12 bits per heavy atom. The number of rotatable bonds is 7. The molecule has 1 heterocycles. The summed E-state index contributed by atoms with van der Waals surface area (Å²) in [7, 11) is 4.12. The topological polar surface area (TPSA) is 57.3 Å². The van der Waals surface area contributed by atoms with Gasteiger partial charge in [0.15, 0.2) is 0 Å². The van der Waals surface area contributed by atoms with Gasteiger partial charge in [0, 0.05) is 12.2 Å². The molecule has 1 amide bonds. The molecule has 24 heavy (non-hydrogen) atoms. The van der Waals surface area contributed by atoms with Crippen LogP contribution >= 0.6 is 0 Å². The Hall–Kier alpha value is -2.40. The summed E-state index contributed by atoms with van der Waals surface area (Å²) >= 11 is 0. The van der Waals surface area contributed by atoms with Gasteiger partial charge in [0.05, 0.1) is 11.9 Å². The third-order valence-electron chi connectivity index (χ3n) is 3.83. The Morgan fingerprint density at radius 2 is 1.83 bits per heavy atom. The first kappa shape index (κ1) is 17.9. The zero-order valence-corrected chi connectivity index (χ0v) is 14.9. The van der Waals surface area contributed by atoms with E-state index in [1.807, 2.05) is 38.1 Å². The Kier molecular flexibility index (Phi) is 6.32. The highest BCUT2D eigenvalue weighted by Crippen LogP contribution is 2.20. The molecule has 2 rings (SSSR count). The van der Waals surface area contributed by atoms with Crippen molar-refractivity contribution in [3.63, 3.8) is 0 Å². The number of aryl methyl sites for hydroxylation is 2. The lowest BCUT2D eigenvalue weighted by Gasteiger charge is -2.12. The van der Waals surface area contributed by atoms with Crippen LogP contribution in [0, 0.1) is 13.8 Å². The molecular weight excluding hydrogens is 300 g/mol. The molecule has 0 bridgehead atoms. The maximum absolute atomic E-state index is 12.4. The van der Waals surface area contributed by atoms with Crippen molar-refractivity contribution in [1.82, 2.24) is 9.88 Å². The molecule has 2 aromatic rings. The number of aromatic nitrogens is 1. The molecule has 0 radical (unpaired) electrons. The standard InChI is InChI=1S/C19H26N4O/c1-14-7-5-8-15(2)18(14)22-19(24)17-10-9-16(13-21-17)20-11-6-12-23(3)4/h5,7-10,13,20H,6,11-12H2,1-4H3,(H,22,24). The highest BCUT2D eigenvalue weighted by atomic mass is 16.1. The number of pyridine rings is 1. The molecule has 5 heteroatoms. The van der Waals surface area contributed by atoms with Crippen LogP contribution in [0.3, 0.4) is 0 Å². The third kappa shape index (κ3) is 5.06. The third-order valence-corrected chi connectivity index (χ3v) is 3.83. The first-order chi connectivity index (χ1) is 11.5. The van der Waals surface area contributed by atoms with E-state index in [2.05, 4.69) is 34.6 Å². The molecule has 0 aliphatic carbocycles. The van der Waals surface area contributed by atoms with Crippen molar-refractivity contribution < 1.29 is 4.79 Å². The summed E-state index contributed by atoms with van der Waals surface area (Å²) in [6.07, 6.45) is 2.76. The van der Waals surface area contributed by atoms with Crippen molar-refractivity contribution in [2.45, 2.75) is 20.3 Å². The Labute approximate surface area is 144 Å². The molecule has 1 aromatic heterocycles. The highest BCUT2D eigenvalue weighted by molar-refractivity contribution is 6.03. The van der Waals surface area contributed by atoms with E-state index in [0.29, 0.717) is 5.69 Å². The number of carbonyl (C=O) groups excluding carboxylic acids is 1. The van der Waals surface area contributed by atoms with E-state index in [0.717, 1.165) is 42.0 Å². The van der Waals surface area contributed by atoms with Gasteiger partial charge in [0.1, 0.15) is 5.69 Å². The van der Waals surface area contributed by atoms with Crippen molar-refractivity contribution in [3.05, 3.63) is 53.3 Å². The van der Waals surface area contributed by atoms with E-state index in [1.54, 1.807) is 12.3 Å². The van der Waals surface area contributed by atoms with E-state index in [4.69, 9.17) is 0 Å². The quantitative estimate of drug-likeness (QED) is 0.767. The van der Waals surface area contributed by atoms with Crippen LogP contribution in [0.2, 0.25) is 0 Å². The van der Waals surface area contributed by atoms with Crippen molar-refractivity contribution >= 4 is 17.3 Å². The van der Waals surface area contributed by atoms with E-state index in [1.165, 1.54) is 0 Å². The van der Waals surface area contributed by atoms with Crippen LogP contribution in [0.5, 0.6) is 0 Å². The number of hydrogen-bond donors (Lipinski definition) is 2. The van der Waals surface area contributed by atoms with Crippen LogP contribution in [-0.4, -0.2) is 43.0 Å². The molecule has 128 valence electrons. The lowest BCUT2D eigenvalue weighted by atomic mass is 10.1. The summed E-state index contributed by atoms with van der Waals surface area (Å²) in [6.45, 7) is 5.89. The Morgan fingerprint density at radius 3 is 2.42 bits per heavy atom. The van der Waals surface area contributed by atoms with Crippen LogP contribution < -0.4 is 10.6 Å². The fourth-order valence-corrected chi connectivity index (χ4v) is 2.45. The number of amides is 1. The SMILES string of the molecule is Cc1cccc(C)c1NC(=O)c1ccc(NCCCN(C)C)cn1. The maximum Gasteiger partial charge on any atom is 0.274 e. The smallest absolute Gasteiger partial charge is 0.274 e. The van der Waals surface area contributed by atoms with Gasteiger partial charge in [-0.3, -0.25) is 4.79 Å². The average molecular weight is 326 g/mol. The van der Waals surface area contributed by atoms with Crippen molar-refractivity contribution in [1.29, 1.82) is 0 Å². The highest BCUT2D eigenvalue weighted by Gasteiger charge is 2.10. The molecule has 1 aromatic carbocycles. The molecule has 5 nitrogen and oxygen atoms in total. The summed E-state index contributed by atoms with van der Waals surface area (Å²) in [4.78, 5) is 18.8. The Balaban J connectivity index is 1.94. The number of nitrogens with one attached hydrogen (secondary N) is 2.